The standard InChI is InChI=1S/C31H53N3O5SSi.C31H51N3O5SSi.CH5P.CH4/c2*1-20(2)41(21(3)4,22(5)6)34-17-16-26-27(23(7)18-32-29(26)34)28(35)25-14-12-24(13-15-25)19-40(37,38)33(11)30(36)39-31(8,9)10;1-2;/h16-18,20-22,24-25,28,35H,12-15,19H2,1-11H3;16-18,20-22,24-25H,12-15,19H2,1-11H3;2H2,1H3;1H4/i;;1D;. The topological polar surface area (TPSA) is 200 Å². The molecule has 4 heterocycles. The molecule has 2 aliphatic rings. The molecule has 4 aromatic heterocycles. The van der Waals surface area contributed by atoms with Gasteiger partial charge in [-0.3, -0.25) is 4.79 Å². The van der Waals surface area contributed by atoms with Crippen molar-refractivity contribution in [2.24, 2.45) is 23.7 Å². The molecule has 0 radical (unpaired) electrons. The van der Waals surface area contributed by atoms with Crippen LogP contribution in [0.4, 0.5) is 9.59 Å². The fourth-order valence-corrected chi connectivity index (χ4v) is 30.7. The number of rotatable bonds is 18. The van der Waals surface area contributed by atoms with Gasteiger partial charge in [0.05, 0.1) is 17.6 Å². The van der Waals surface area contributed by atoms with E-state index in [4.69, 9.17) is 20.8 Å². The van der Waals surface area contributed by atoms with Gasteiger partial charge in [-0.2, -0.15) is 0 Å². The Morgan fingerprint density at radius 1 is 0.635 bits per heavy atom. The first-order chi connectivity index (χ1) is 39.1. The highest BCUT2D eigenvalue weighted by atomic mass is 32.2. The third-order valence-electron chi connectivity index (χ3n) is 18.4. The van der Waals surface area contributed by atoms with E-state index in [1.54, 1.807) is 41.5 Å². The monoisotopic (exact) mass is 1280 g/mol. The number of aliphatic hydroxyl groups is 1. The molecule has 2 fully saturated rings. The molecule has 0 saturated heterocycles. The van der Waals surface area contributed by atoms with Crippen molar-refractivity contribution < 1.29 is 47.2 Å². The Bertz CT molecular complexity index is 3090. The van der Waals surface area contributed by atoms with Crippen LogP contribution < -0.4 is 0 Å². The molecule has 1 N–H and O–H groups in total. The van der Waals surface area contributed by atoms with Crippen LogP contribution in [0.3, 0.4) is 0 Å². The van der Waals surface area contributed by atoms with E-state index in [1.807, 2.05) is 26.2 Å². The molecule has 2 unspecified atom stereocenters. The number of aromatic nitrogens is 4. The number of ketones is 1. The second kappa shape index (κ2) is 29.8. The normalized spacial score (nSPS) is 18.9. The zero-order valence-corrected chi connectivity index (χ0v) is 60.1. The van der Waals surface area contributed by atoms with Gasteiger partial charge in [-0.15, -0.1) is 9.24 Å². The van der Waals surface area contributed by atoms with E-state index in [-0.39, 0.29) is 48.4 Å². The number of pyridine rings is 2. The molecule has 0 aromatic carbocycles. The summed E-state index contributed by atoms with van der Waals surface area (Å²) in [5, 5.41) is 13.7. The maximum Gasteiger partial charge on any atom is 0.423 e. The smallest absolute Gasteiger partial charge is 0.423 e. The molecule has 2 saturated carbocycles. The third-order valence-corrected chi connectivity index (χ3v) is 35.6. The minimum absolute atomic E-state index is 0. The van der Waals surface area contributed by atoms with E-state index in [2.05, 4.69) is 125 Å². The average molecular weight is 1280 g/mol. The number of aryl methyl sites for hydroxylation is 2. The maximum absolute atomic E-state index is 14.0. The fourth-order valence-electron chi connectivity index (χ4n) is 14.8. The Hall–Kier alpha value is -3.69. The lowest BCUT2D eigenvalue weighted by Crippen LogP contribution is -2.51. The quantitative estimate of drug-likeness (QED) is 0.0562. The second-order valence-electron chi connectivity index (χ2n) is 28.0. The number of hydrogen-bond acceptors (Lipinski definition) is 12. The highest BCUT2D eigenvalue weighted by molar-refractivity contribution is 7.89. The number of aliphatic hydroxyl groups excluding tert-OH is 1. The van der Waals surface area contributed by atoms with Crippen LogP contribution in [0.25, 0.3) is 22.1 Å². The number of ether oxygens (including phenoxy) is 2. The van der Waals surface area contributed by atoms with E-state index < -0.39 is 66.0 Å². The first kappa shape index (κ1) is 73.8. The molecule has 2 aliphatic carbocycles. The van der Waals surface area contributed by atoms with Crippen LogP contribution >= 0.6 is 9.24 Å². The molecule has 4 aromatic rings. The minimum atomic E-state index is -3.82. The van der Waals surface area contributed by atoms with Crippen molar-refractivity contribution in [2.45, 2.75) is 248 Å². The van der Waals surface area contributed by atoms with Crippen molar-refractivity contribution >= 4 is 85.8 Å². The number of Topliss-reactive ketones (excluding diaryl/α,β-unsaturated/α-hetero) is 1. The number of sulfonamides is 2. The van der Waals surface area contributed by atoms with Gasteiger partial charge in [0, 0.05) is 50.1 Å². The Balaban J connectivity index is 0.000000426. The van der Waals surface area contributed by atoms with Crippen molar-refractivity contribution in [1.82, 2.24) is 27.0 Å². The summed E-state index contributed by atoms with van der Waals surface area (Å²) in [4.78, 5) is 48.5. The largest absolute Gasteiger partial charge is 0.443 e. The van der Waals surface area contributed by atoms with E-state index in [1.165, 1.54) is 14.1 Å². The molecule has 6 rings (SSSR count). The summed E-state index contributed by atoms with van der Waals surface area (Å²) in [6.45, 7) is 42.6. The number of hydrogen-bond donors (Lipinski definition) is 1. The molecular formula is C64H113N6O10PS2Si2. The number of amides is 2. The van der Waals surface area contributed by atoms with Crippen molar-refractivity contribution in [3.8, 4) is 0 Å². The van der Waals surface area contributed by atoms with Crippen molar-refractivity contribution in [2.75, 3.05) is 32.2 Å². The summed E-state index contributed by atoms with van der Waals surface area (Å²) in [6.07, 6.45) is 11.1. The number of carbonyl (C=O) groups excluding carboxylic acids is 3. The summed E-state index contributed by atoms with van der Waals surface area (Å²) in [6, 6.07) is 4.23. The predicted octanol–water partition coefficient (Wildman–Crippen LogP) is 16.1. The van der Waals surface area contributed by atoms with E-state index in [0.29, 0.717) is 82.7 Å². The Kier molecular flexibility index (Phi) is 25.8. The summed E-state index contributed by atoms with van der Waals surface area (Å²) in [7, 11) is -6.93. The van der Waals surface area contributed by atoms with Gasteiger partial charge in [0.1, 0.15) is 22.5 Å². The summed E-state index contributed by atoms with van der Waals surface area (Å²) in [5.74, 6) is -0.395. The lowest BCUT2D eigenvalue weighted by molar-refractivity contribution is 0.0406. The van der Waals surface area contributed by atoms with Gasteiger partial charge >= 0.3 is 12.2 Å². The Morgan fingerprint density at radius 2 is 0.965 bits per heavy atom. The zero-order valence-electron chi connectivity index (χ0n) is 56.3. The van der Waals surface area contributed by atoms with Crippen LogP contribution in [0, 0.1) is 37.5 Å². The Labute approximate surface area is 520 Å². The molecule has 484 valence electrons. The van der Waals surface area contributed by atoms with Crippen LogP contribution in [0.15, 0.2) is 36.9 Å². The summed E-state index contributed by atoms with van der Waals surface area (Å²) < 4.78 is 74.8. The predicted molar refractivity (Wildman–Crippen MR) is 360 cm³/mol. The first-order valence-corrected chi connectivity index (χ1v) is 39.0. The van der Waals surface area contributed by atoms with Gasteiger partial charge < -0.3 is 23.0 Å². The van der Waals surface area contributed by atoms with E-state index in [9.17, 15) is 36.3 Å². The first-order valence-electron chi connectivity index (χ1n) is 31.4. The van der Waals surface area contributed by atoms with Gasteiger partial charge in [-0.05, 0) is 199 Å². The van der Waals surface area contributed by atoms with Crippen molar-refractivity contribution in [3.63, 3.8) is 0 Å². The molecule has 2 atom stereocenters. The molecular weight excluding hydrogens is 1160 g/mol. The van der Waals surface area contributed by atoms with E-state index in [0.717, 1.165) is 61.5 Å². The number of fused-ring (bicyclic) bond motifs is 2. The average Bonchev–Trinajstić information content (AvgIpc) is 1.55. The molecule has 0 spiro atoms. The lowest BCUT2D eigenvalue weighted by Gasteiger charge is -2.44. The van der Waals surface area contributed by atoms with Crippen molar-refractivity contribution in [3.05, 3.63) is 59.2 Å². The van der Waals surface area contributed by atoms with E-state index >= 15 is 0 Å². The fraction of sp³-hybridized carbons (Fsp3) is 0.734. The van der Waals surface area contributed by atoms with Crippen molar-refractivity contribution in [1.29, 1.82) is 0 Å². The molecule has 2 amide bonds. The number of carbonyl (C=O) groups is 3. The van der Waals surface area contributed by atoms with Crippen LogP contribution in [0.1, 0.15) is 218 Å². The van der Waals surface area contributed by atoms with Gasteiger partial charge in [0.25, 0.3) is 0 Å². The van der Waals surface area contributed by atoms with Gasteiger partial charge in [0.15, 0.2) is 22.3 Å². The second-order valence-corrected chi connectivity index (χ2v) is 43.5. The van der Waals surface area contributed by atoms with Gasteiger partial charge in [-0.1, -0.05) is 97.2 Å². The molecule has 85 heavy (non-hydrogen) atoms. The third kappa shape index (κ3) is 16.6. The maximum atomic E-state index is 14.0. The van der Waals surface area contributed by atoms with Crippen LogP contribution in [-0.2, 0) is 29.5 Å². The molecule has 0 aliphatic heterocycles. The summed E-state index contributed by atoms with van der Waals surface area (Å²) in [5.41, 5.74) is 6.98. The van der Waals surface area contributed by atoms with Gasteiger partial charge in [0.2, 0.25) is 20.0 Å². The van der Waals surface area contributed by atoms with Crippen LogP contribution in [-0.4, -0.2) is 127 Å². The molecule has 16 nitrogen and oxygen atoms in total. The highest BCUT2D eigenvalue weighted by Crippen LogP contribution is 2.48. The summed E-state index contributed by atoms with van der Waals surface area (Å²) >= 11 is 0. The lowest BCUT2D eigenvalue weighted by atomic mass is 9.77. The van der Waals surface area contributed by atoms with Crippen LogP contribution in [0.2, 0.25) is 33.2 Å². The van der Waals surface area contributed by atoms with Crippen LogP contribution in [0.5, 0.6) is 0 Å². The Morgan fingerprint density at radius 3 is 1.32 bits per heavy atom. The molecule has 21 heteroatoms. The minimum Gasteiger partial charge on any atom is -0.443 e. The van der Waals surface area contributed by atoms with Gasteiger partial charge in [-0.25, -0.2) is 45.0 Å². The zero-order chi connectivity index (χ0) is 64.9. The SMILES string of the molecule is C.Cc1cnc2c(ccn2[Si](C(C)C)(C(C)C)C(C)C)c1C(=O)C1CCC(CS(=O)(=O)N(C)C(=O)OC(C)(C)C)CC1.Cc1cnc2c(ccn2[Si](C(C)C)(C(C)C)C(C)C)c1C(O)C1CCC(CS(=O)(=O)N(C)C(=O)OC(C)(C)C)CC1.[2H]CP. The number of nitrogens with zero attached hydrogens (tertiary/aromatic N) is 6. The highest BCUT2D eigenvalue weighted by Gasteiger charge is 2.48. The molecule has 0 bridgehead atoms.